The third-order valence-electron chi connectivity index (χ3n) is 5.01. The van der Waals surface area contributed by atoms with Crippen molar-refractivity contribution < 1.29 is 27.9 Å². The van der Waals surface area contributed by atoms with Gasteiger partial charge in [0.2, 0.25) is 0 Å². The van der Waals surface area contributed by atoms with E-state index < -0.39 is 17.5 Å². The lowest BCUT2D eigenvalue weighted by atomic mass is 10.1. The molecule has 0 radical (unpaired) electrons. The highest BCUT2D eigenvalue weighted by Gasteiger charge is 2.19. The molecule has 0 unspecified atom stereocenters. The number of nitrogens with one attached hydrogen (secondary N) is 1. The monoisotopic (exact) mass is 484 g/mol. The molecule has 36 heavy (non-hydrogen) atoms. The first-order valence-electron chi connectivity index (χ1n) is 10.9. The van der Waals surface area contributed by atoms with E-state index in [4.69, 9.17) is 18.3 Å². The molecule has 1 amide bonds. The van der Waals surface area contributed by atoms with Crippen LogP contribution in [-0.2, 0) is 11.3 Å². The van der Waals surface area contributed by atoms with E-state index in [0.29, 0.717) is 22.3 Å². The number of fused-ring (bicyclic) bond motifs is 1. The predicted molar refractivity (Wildman–Crippen MR) is 129 cm³/mol. The van der Waals surface area contributed by atoms with Crippen molar-refractivity contribution in [2.75, 3.05) is 6.61 Å². The van der Waals surface area contributed by atoms with Crippen LogP contribution >= 0.6 is 0 Å². The molecule has 4 aromatic rings. The van der Waals surface area contributed by atoms with Crippen molar-refractivity contribution >= 4 is 28.9 Å². The van der Waals surface area contributed by atoms with Gasteiger partial charge in [-0.1, -0.05) is 24.3 Å². The predicted octanol–water partition coefficient (Wildman–Crippen LogP) is 4.23. The van der Waals surface area contributed by atoms with Gasteiger partial charge < -0.3 is 23.6 Å². The zero-order valence-corrected chi connectivity index (χ0v) is 19.1. The van der Waals surface area contributed by atoms with Crippen molar-refractivity contribution in [1.82, 2.24) is 5.32 Å². The molecule has 2 aromatic carbocycles. The SMILES string of the molecule is CCOc1cc(/C=C(\C#N)C(=O)NCc2ccco2)ccc1OC(=O)c1cc2ccccc2oc1=O. The third kappa shape index (κ3) is 5.51. The maximum Gasteiger partial charge on any atom is 0.351 e. The van der Waals surface area contributed by atoms with Crippen LogP contribution in [0.5, 0.6) is 11.5 Å². The van der Waals surface area contributed by atoms with Crippen LogP contribution in [0, 0.1) is 11.3 Å². The summed E-state index contributed by atoms with van der Waals surface area (Å²) in [5, 5.41) is 12.6. The first-order valence-corrected chi connectivity index (χ1v) is 10.9. The molecule has 4 rings (SSSR count). The fraction of sp³-hybridized carbons (Fsp3) is 0.111. The fourth-order valence-electron chi connectivity index (χ4n) is 3.32. The van der Waals surface area contributed by atoms with E-state index in [0.717, 1.165) is 0 Å². The number of nitriles is 1. The van der Waals surface area contributed by atoms with E-state index in [9.17, 15) is 19.6 Å². The topological polar surface area (TPSA) is 132 Å². The van der Waals surface area contributed by atoms with Gasteiger partial charge in [0.1, 0.15) is 28.5 Å². The second-order valence-corrected chi connectivity index (χ2v) is 7.45. The van der Waals surface area contributed by atoms with Crippen molar-refractivity contribution in [2.24, 2.45) is 0 Å². The maximum absolute atomic E-state index is 12.7. The number of benzene rings is 2. The number of furan rings is 1. The van der Waals surface area contributed by atoms with E-state index >= 15 is 0 Å². The Morgan fingerprint density at radius 2 is 1.92 bits per heavy atom. The molecule has 9 nitrogen and oxygen atoms in total. The van der Waals surface area contributed by atoms with Crippen molar-refractivity contribution in [3.63, 3.8) is 0 Å². The Morgan fingerprint density at radius 1 is 1.08 bits per heavy atom. The van der Waals surface area contributed by atoms with Crippen LogP contribution in [0.3, 0.4) is 0 Å². The minimum Gasteiger partial charge on any atom is -0.490 e. The van der Waals surface area contributed by atoms with Crippen LogP contribution < -0.4 is 20.4 Å². The number of para-hydroxylation sites is 1. The normalized spacial score (nSPS) is 11.1. The molecule has 0 aliphatic rings. The average Bonchev–Trinajstić information content (AvgIpc) is 3.40. The second-order valence-electron chi connectivity index (χ2n) is 7.45. The van der Waals surface area contributed by atoms with Crippen molar-refractivity contribution in [1.29, 1.82) is 5.26 Å². The largest absolute Gasteiger partial charge is 0.490 e. The molecule has 2 aromatic heterocycles. The minimum absolute atomic E-state index is 0.0623. The zero-order chi connectivity index (χ0) is 25.5. The molecule has 1 N–H and O–H groups in total. The van der Waals surface area contributed by atoms with Gasteiger partial charge in [0.05, 0.1) is 19.4 Å². The molecule has 0 aliphatic carbocycles. The third-order valence-corrected chi connectivity index (χ3v) is 5.01. The van der Waals surface area contributed by atoms with Gasteiger partial charge in [-0.15, -0.1) is 0 Å². The molecule has 0 fully saturated rings. The number of carbonyl (C=O) groups excluding carboxylic acids is 2. The number of carbonyl (C=O) groups is 2. The summed E-state index contributed by atoms with van der Waals surface area (Å²) >= 11 is 0. The summed E-state index contributed by atoms with van der Waals surface area (Å²) in [6, 6.07) is 18.0. The number of nitrogens with zero attached hydrogens (tertiary/aromatic N) is 1. The van der Waals surface area contributed by atoms with Crippen LogP contribution in [-0.4, -0.2) is 18.5 Å². The van der Waals surface area contributed by atoms with E-state index in [2.05, 4.69) is 5.32 Å². The Labute approximate surface area is 205 Å². The second kappa shape index (κ2) is 10.9. The molecular weight excluding hydrogens is 464 g/mol. The Balaban J connectivity index is 1.56. The van der Waals surface area contributed by atoms with Gasteiger partial charge in [0.25, 0.3) is 5.91 Å². The van der Waals surface area contributed by atoms with Crippen molar-refractivity contribution in [2.45, 2.75) is 13.5 Å². The lowest BCUT2D eigenvalue weighted by molar-refractivity contribution is -0.117. The Bertz CT molecular complexity index is 1540. The highest BCUT2D eigenvalue weighted by molar-refractivity contribution is 6.01. The molecule has 180 valence electrons. The van der Waals surface area contributed by atoms with Gasteiger partial charge >= 0.3 is 11.6 Å². The maximum atomic E-state index is 12.7. The Morgan fingerprint density at radius 3 is 2.67 bits per heavy atom. The molecule has 9 heteroatoms. The Kier molecular flexibility index (Phi) is 7.27. The van der Waals surface area contributed by atoms with Crippen LogP contribution in [0.2, 0.25) is 0 Å². The molecule has 0 aliphatic heterocycles. The lowest BCUT2D eigenvalue weighted by Gasteiger charge is -2.11. The molecule has 0 saturated carbocycles. The van der Waals surface area contributed by atoms with Crippen LogP contribution in [0.1, 0.15) is 28.6 Å². The van der Waals surface area contributed by atoms with Gasteiger partial charge in [-0.3, -0.25) is 4.79 Å². The highest BCUT2D eigenvalue weighted by Crippen LogP contribution is 2.30. The summed E-state index contributed by atoms with van der Waals surface area (Å²) in [5.74, 6) is -0.685. The van der Waals surface area contributed by atoms with Gasteiger partial charge in [-0.2, -0.15) is 5.26 Å². The van der Waals surface area contributed by atoms with E-state index in [1.54, 1.807) is 49.4 Å². The van der Waals surface area contributed by atoms with Gasteiger partial charge in [-0.25, -0.2) is 9.59 Å². The number of hydrogen-bond donors (Lipinski definition) is 1. The van der Waals surface area contributed by atoms with Gasteiger partial charge in [0, 0.05) is 5.39 Å². The van der Waals surface area contributed by atoms with Gasteiger partial charge in [-0.05, 0) is 55.0 Å². The molecule has 0 spiro atoms. The number of rotatable bonds is 8. The minimum atomic E-state index is -0.909. The van der Waals surface area contributed by atoms with Crippen molar-refractivity contribution in [3.05, 3.63) is 99.8 Å². The Hall–Kier alpha value is -5.10. The summed E-state index contributed by atoms with van der Waals surface area (Å²) in [4.78, 5) is 37.4. The average molecular weight is 484 g/mol. The summed E-state index contributed by atoms with van der Waals surface area (Å²) in [5.41, 5.74) is -0.405. The summed E-state index contributed by atoms with van der Waals surface area (Å²) in [6.45, 7) is 2.13. The number of ether oxygens (including phenoxy) is 2. The number of hydrogen-bond acceptors (Lipinski definition) is 8. The quantitative estimate of drug-likeness (QED) is 0.129. The summed E-state index contributed by atoms with van der Waals surface area (Å²) < 4.78 is 21.4. The molecule has 2 heterocycles. The molecule has 0 bridgehead atoms. The standard InChI is InChI=1S/C27H20N2O7/c1-2-33-24-13-17(12-19(15-28)25(30)29-16-20-7-5-11-34-20)9-10-23(24)36-27(32)21-14-18-6-3-4-8-22(18)35-26(21)31/h3-14H,2,16H2,1H3,(H,29,30)/b19-12+. The number of amides is 1. The van der Waals surface area contributed by atoms with Crippen LogP contribution in [0.4, 0.5) is 0 Å². The smallest absolute Gasteiger partial charge is 0.351 e. The number of esters is 1. The molecule has 0 atom stereocenters. The van der Waals surface area contributed by atoms with E-state index in [1.807, 2.05) is 6.07 Å². The molecule has 0 saturated heterocycles. The van der Waals surface area contributed by atoms with Gasteiger partial charge in [0.15, 0.2) is 11.5 Å². The molecular formula is C27H20N2O7. The fourth-order valence-corrected chi connectivity index (χ4v) is 3.32. The van der Waals surface area contributed by atoms with Crippen LogP contribution in [0.25, 0.3) is 17.0 Å². The van der Waals surface area contributed by atoms with E-state index in [1.165, 1.54) is 30.5 Å². The highest BCUT2D eigenvalue weighted by atomic mass is 16.6. The first kappa shape index (κ1) is 24.0. The summed E-state index contributed by atoms with van der Waals surface area (Å²) in [6.07, 6.45) is 2.86. The van der Waals surface area contributed by atoms with Crippen LogP contribution in [0.15, 0.2) is 86.1 Å². The van der Waals surface area contributed by atoms with E-state index in [-0.39, 0.29) is 35.8 Å². The lowest BCUT2D eigenvalue weighted by Crippen LogP contribution is -2.23. The van der Waals surface area contributed by atoms with Crippen molar-refractivity contribution in [3.8, 4) is 17.6 Å². The summed E-state index contributed by atoms with van der Waals surface area (Å²) in [7, 11) is 0. The first-order chi connectivity index (χ1) is 17.5. The zero-order valence-electron chi connectivity index (χ0n) is 19.1.